The van der Waals surface area contributed by atoms with Crippen LogP contribution in [0.2, 0.25) is 10.0 Å². The number of likely N-dealkylation sites (N-methyl/N-ethyl adjacent to an activating group) is 8. The molecule has 4 fully saturated rings. The van der Waals surface area contributed by atoms with Gasteiger partial charge in [-0.25, -0.2) is 0 Å². The minimum atomic E-state index is -4.79. The largest absolute Gasteiger partial charge is 0.417 e. The normalized spacial score (nSPS) is 25.1. The molecule has 554 valence electrons. The summed E-state index contributed by atoms with van der Waals surface area (Å²) in [6.45, 7) is 7.30. The van der Waals surface area contributed by atoms with Gasteiger partial charge in [-0.3, -0.25) is 57.5 Å². The Bertz CT molecular complexity index is 3310. The Morgan fingerprint density at radius 3 is 1.83 bits per heavy atom. The lowest BCUT2D eigenvalue weighted by Crippen LogP contribution is -2.65. The van der Waals surface area contributed by atoms with E-state index in [-0.39, 0.29) is 55.0 Å². The molecule has 24 nitrogen and oxygen atoms in total. The van der Waals surface area contributed by atoms with Crippen molar-refractivity contribution in [3.05, 3.63) is 69.2 Å². The van der Waals surface area contributed by atoms with E-state index in [9.17, 15) is 51.5 Å². The number of halogens is 5. The molecule has 2 saturated heterocycles. The van der Waals surface area contributed by atoms with Gasteiger partial charge < -0.3 is 60.0 Å². The van der Waals surface area contributed by atoms with Crippen LogP contribution in [0, 0.1) is 17.8 Å². The molecule has 1 spiro atoms. The van der Waals surface area contributed by atoms with Gasteiger partial charge in [0.1, 0.15) is 47.8 Å². The van der Waals surface area contributed by atoms with Crippen LogP contribution in [0.15, 0.2) is 42.5 Å². The molecule has 2 aromatic rings. The first-order chi connectivity index (χ1) is 46.9. The van der Waals surface area contributed by atoms with E-state index in [4.69, 9.17) is 23.2 Å². The fourth-order valence-corrected chi connectivity index (χ4v) is 14.5. The standard InChI is InChI=1S/C71H103Cl2F3N12O12/c1-14-44(4)60-67(98)82(8)41-58(91)80(6)42-59(92)84(10)54(37-46-24-16-15-17-25-46)65(96)81(7)40-56(89)77-52(31-29-47-28-30-49(51(73)36-47)71(74,75)76)64(95)85(11)53(38-48-26-18-19-27-50(48)72)63(94)79-70(32-20-21-33-70)69(100)87(13)61(43(2)3)68(99)86(12)55(66(97)88-34-22-23-35-88)39-57(90)83(9)45(5)62(93)78-60/h18-19,26-28,30,36,43-46,52-55,60-61H,14-17,20-25,29,31-35,37-42H2,1-13H3,(H,77,89)(H,78,93)(H,79,94)/t44-,45-,52-,53-,54-,55-,60-,61-/m0/s1. The molecular formula is C71H103Cl2F3N12O12. The SMILES string of the molecule is CC[C@H](C)[C@@H]1NC(=O)[C@H](C)N(C)C(=O)C[C@@H](C(=O)N2CCCC2)N(C)C(=O)[C@H](C(C)C)N(C)C(=O)C2(CCCC2)NC(=O)[C@H](Cc2ccccc2Cl)N(C)C(=O)[C@H](CCc2ccc(C(F)(F)F)c(Cl)c2)NC(=O)CN(C)C(=O)[C@H](CC2CCCCC2)N(C)C(=O)CN(C)C(=O)CN(C)C1=O. The summed E-state index contributed by atoms with van der Waals surface area (Å²) in [6, 6.07) is 0.201. The summed E-state index contributed by atoms with van der Waals surface area (Å²) in [7, 11) is 10.9. The molecule has 29 heteroatoms. The van der Waals surface area contributed by atoms with E-state index < -0.39 is 173 Å². The highest BCUT2D eigenvalue weighted by atomic mass is 35.5. The lowest BCUT2D eigenvalue weighted by Gasteiger charge is -2.41. The molecule has 12 amide bonds. The number of likely N-dealkylation sites (tertiary alicyclic amines) is 1. The number of hydrogen-bond donors (Lipinski definition) is 3. The number of aryl methyl sites for hydroxylation is 1. The van der Waals surface area contributed by atoms with E-state index in [2.05, 4.69) is 16.0 Å². The highest BCUT2D eigenvalue weighted by Crippen LogP contribution is 2.37. The van der Waals surface area contributed by atoms with Gasteiger partial charge in [-0.05, 0) is 98.9 Å². The van der Waals surface area contributed by atoms with Crippen molar-refractivity contribution in [2.45, 2.75) is 198 Å². The van der Waals surface area contributed by atoms with Crippen molar-refractivity contribution < 1.29 is 70.7 Å². The van der Waals surface area contributed by atoms with Crippen molar-refractivity contribution >= 4 is 94.1 Å². The van der Waals surface area contributed by atoms with E-state index in [1.54, 1.807) is 56.9 Å². The number of rotatable bonds is 11. The minimum Gasteiger partial charge on any atom is -0.343 e. The number of benzene rings is 2. The zero-order chi connectivity index (χ0) is 74.4. The van der Waals surface area contributed by atoms with Crippen molar-refractivity contribution in [1.82, 2.24) is 60.0 Å². The summed E-state index contributed by atoms with van der Waals surface area (Å²) >= 11 is 12.9. The Morgan fingerprint density at radius 2 is 1.24 bits per heavy atom. The maximum Gasteiger partial charge on any atom is 0.417 e. The number of nitrogens with one attached hydrogen (secondary N) is 3. The molecule has 0 unspecified atom stereocenters. The van der Waals surface area contributed by atoms with Crippen molar-refractivity contribution in [2.75, 3.05) is 89.1 Å². The van der Waals surface area contributed by atoms with Crippen molar-refractivity contribution in [3.8, 4) is 0 Å². The summed E-state index contributed by atoms with van der Waals surface area (Å²) < 4.78 is 41.8. The lowest BCUT2D eigenvalue weighted by atomic mass is 9.84. The van der Waals surface area contributed by atoms with Gasteiger partial charge >= 0.3 is 6.18 Å². The van der Waals surface area contributed by atoms with Crippen LogP contribution in [0.4, 0.5) is 13.2 Å². The smallest absolute Gasteiger partial charge is 0.343 e. The average molecular weight is 1440 g/mol. The van der Waals surface area contributed by atoms with Gasteiger partial charge in [-0.15, -0.1) is 0 Å². The number of carbonyl (C=O) groups excluding carboxylic acids is 12. The monoisotopic (exact) mass is 1440 g/mol. The number of amides is 12. The van der Waals surface area contributed by atoms with Gasteiger partial charge in [0, 0.05) is 80.9 Å². The lowest BCUT2D eigenvalue weighted by molar-refractivity contribution is -0.156. The molecule has 2 aliphatic heterocycles. The molecule has 0 radical (unpaired) electrons. The topological polar surface area (TPSA) is 270 Å². The molecule has 100 heavy (non-hydrogen) atoms. The first-order valence-corrected chi connectivity index (χ1v) is 35.6. The van der Waals surface area contributed by atoms with E-state index in [0.29, 0.717) is 50.8 Å². The molecule has 2 saturated carbocycles. The first kappa shape index (κ1) is 81.4. The third-order valence-corrected chi connectivity index (χ3v) is 21.5. The molecule has 8 atom stereocenters. The molecule has 2 aromatic carbocycles. The second kappa shape index (κ2) is 35.9. The van der Waals surface area contributed by atoms with Crippen molar-refractivity contribution in [3.63, 3.8) is 0 Å². The van der Waals surface area contributed by atoms with E-state index >= 15 is 19.2 Å². The van der Waals surface area contributed by atoms with Gasteiger partial charge in [-0.2, -0.15) is 13.2 Å². The third kappa shape index (κ3) is 20.4. The fourth-order valence-electron chi connectivity index (χ4n) is 14.0. The van der Waals surface area contributed by atoms with Crippen LogP contribution in [-0.4, -0.2) is 252 Å². The summed E-state index contributed by atoms with van der Waals surface area (Å²) in [5, 5.41) is 8.13. The predicted octanol–water partition coefficient (Wildman–Crippen LogP) is 5.81. The van der Waals surface area contributed by atoms with Crippen LogP contribution in [-0.2, 0) is 76.6 Å². The molecule has 0 bridgehead atoms. The average Bonchev–Trinajstić information content (AvgIpc) is 1.45. The van der Waals surface area contributed by atoms with Crippen LogP contribution in [0.5, 0.6) is 0 Å². The Kier molecular flexibility index (Phi) is 29.2. The molecule has 2 aliphatic carbocycles. The van der Waals surface area contributed by atoms with Gasteiger partial charge in [0.2, 0.25) is 70.9 Å². The van der Waals surface area contributed by atoms with Crippen LogP contribution < -0.4 is 16.0 Å². The highest BCUT2D eigenvalue weighted by Gasteiger charge is 2.50. The highest BCUT2D eigenvalue weighted by molar-refractivity contribution is 6.31. The second-order valence-electron chi connectivity index (χ2n) is 28.3. The van der Waals surface area contributed by atoms with E-state index in [0.717, 1.165) is 73.6 Å². The first-order valence-electron chi connectivity index (χ1n) is 34.8. The zero-order valence-electron chi connectivity index (χ0n) is 60.2. The predicted molar refractivity (Wildman–Crippen MR) is 370 cm³/mol. The fraction of sp³-hybridized carbons (Fsp3) is 0.662. The molecule has 2 heterocycles. The van der Waals surface area contributed by atoms with Gasteiger partial charge in [0.25, 0.3) is 0 Å². The zero-order valence-corrected chi connectivity index (χ0v) is 61.7. The molecule has 3 N–H and O–H groups in total. The van der Waals surface area contributed by atoms with Gasteiger partial charge in [-0.1, -0.05) is 127 Å². The van der Waals surface area contributed by atoms with Gasteiger partial charge in [0.05, 0.1) is 36.6 Å². The quantitative estimate of drug-likeness (QED) is 0.240. The third-order valence-electron chi connectivity index (χ3n) is 20.8. The molecule has 0 aromatic heterocycles. The van der Waals surface area contributed by atoms with Crippen LogP contribution >= 0.6 is 23.2 Å². The van der Waals surface area contributed by atoms with E-state index in [1.165, 1.54) is 79.2 Å². The Balaban J connectivity index is 1.45. The Hall–Kier alpha value is -7.55. The number of alkyl halides is 3. The van der Waals surface area contributed by atoms with Crippen LogP contribution in [0.3, 0.4) is 0 Å². The molecule has 6 rings (SSSR count). The molecular weight excluding hydrogens is 1340 g/mol. The second-order valence-corrected chi connectivity index (χ2v) is 29.1. The number of carbonyl (C=O) groups is 12. The minimum absolute atomic E-state index is 0.00609. The van der Waals surface area contributed by atoms with Gasteiger partial charge in [0.15, 0.2) is 0 Å². The summed E-state index contributed by atoms with van der Waals surface area (Å²) in [6.07, 6.45) is 1.14. The summed E-state index contributed by atoms with van der Waals surface area (Å²) in [5.41, 5.74) is -2.14. The number of hydrogen-bond acceptors (Lipinski definition) is 12. The van der Waals surface area contributed by atoms with E-state index in [1.807, 2.05) is 0 Å². The maximum absolute atomic E-state index is 15.6. The molecule has 4 aliphatic rings. The summed E-state index contributed by atoms with van der Waals surface area (Å²) in [5.74, 6) is -9.73. The number of nitrogens with zero attached hydrogens (tertiary/aromatic N) is 9. The Labute approximate surface area is 596 Å². The van der Waals surface area contributed by atoms with Crippen molar-refractivity contribution in [2.24, 2.45) is 17.8 Å². The van der Waals surface area contributed by atoms with Crippen LogP contribution in [0.1, 0.15) is 148 Å². The Morgan fingerprint density at radius 1 is 0.630 bits per heavy atom. The summed E-state index contributed by atoms with van der Waals surface area (Å²) in [4.78, 5) is 188. The maximum atomic E-state index is 15.6. The van der Waals surface area contributed by atoms with Crippen molar-refractivity contribution in [1.29, 1.82) is 0 Å². The van der Waals surface area contributed by atoms with Crippen LogP contribution in [0.25, 0.3) is 0 Å².